The van der Waals surface area contributed by atoms with Gasteiger partial charge in [0.1, 0.15) is 6.04 Å². The van der Waals surface area contributed by atoms with E-state index >= 15 is 0 Å². The highest BCUT2D eigenvalue weighted by Gasteiger charge is 2.24. The SMILES string of the molecule is Cc1c(CC(=O)N[C@H](CO)C(=O)O)cc(C2=CCC(S(C)(=O)=O)C=C2)n1-c1ccccc1. The zero-order chi connectivity index (χ0) is 23.5. The number of hydrogen-bond donors (Lipinski definition) is 3. The average Bonchev–Trinajstić information content (AvgIpc) is 3.07. The second-order valence-corrected chi connectivity index (χ2v) is 10.0. The van der Waals surface area contributed by atoms with Crippen LogP contribution in [0.2, 0.25) is 0 Å². The number of hydrogen-bond acceptors (Lipinski definition) is 5. The summed E-state index contributed by atoms with van der Waals surface area (Å²) < 4.78 is 25.7. The van der Waals surface area contributed by atoms with Crippen molar-refractivity contribution in [1.29, 1.82) is 0 Å². The number of allylic oxidation sites excluding steroid dienone is 3. The number of aliphatic hydroxyl groups is 1. The summed E-state index contributed by atoms with van der Waals surface area (Å²) in [5, 5.41) is 20.0. The van der Waals surface area contributed by atoms with Gasteiger partial charge in [-0.15, -0.1) is 0 Å². The molecule has 0 spiro atoms. The first-order chi connectivity index (χ1) is 15.1. The van der Waals surface area contributed by atoms with Crippen LogP contribution in [0.15, 0.2) is 54.6 Å². The Morgan fingerprint density at radius 2 is 1.94 bits per heavy atom. The number of aliphatic hydroxyl groups excluding tert-OH is 1. The van der Waals surface area contributed by atoms with E-state index in [1.807, 2.05) is 54.0 Å². The molecule has 0 radical (unpaired) electrons. The minimum atomic E-state index is -3.19. The van der Waals surface area contributed by atoms with Gasteiger partial charge in [-0.25, -0.2) is 13.2 Å². The molecule has 2 aromatic rings. The third kappa shape index (κ3) is 5.17. The molecule has 2 atom stereocenters. The molecule has 32 heavy (non-hydrogen) atoms. The van der Waals surface area contributed by atoms with Crippen molar-refractivity contribution in [3.63, 3.8) is 0 Å². The number of carboxylic acids is 1. The van der Waals surface area contributed by atoms with E-state index in [0.717, 1.165) is 22.6 Å². The second kappa shape index (κ2) is 9.54. The lowest BCUT2D eigenvalue weighted by atomic mass is 10.0. The van der Waals surface area contributed by atoms with Crippen molar-refractivity contribution in [3.8, 4) is 5.69 Å². The highest BCUT2D eigenvalue weighted by molar-refractivity contribution is 7.91. The molecule has 1 aliphatic rings. The summed E-state index contributed by atoms with van der Waals surface area (Å²) in [6.07, 6.45) is 6.83. The van der Waals surface area contributed by atoms with Gasteiger partial charge in [0, 0.05) is 17.6 Å². The predicted octanol–water partition coefficient (Wildman–Crippen LogP) is 1.65. The number of nitrogens with one attached hydrogen (secondary N) is 1. The topological polar surface area (TPSA) is 126 Å². The van der Waals surface area contributed by atoms with Crippen molar-refractivity contribution in [2.45, 2.75) is 31.1 Å². The molecule has 1 aliphatic carbocycles. The van der Waals surface area contributed by atoms with E-state index in [-0.39, 0.29) is 6.42 Å². The molecule has 0 bridgehead atoms. The lowest BCUT2D eigenvalue weighted by Gasteiger charge is -2.17. The van der Waals surface area contributed by atoms with Crippen LogP contribution >= 0.6 is 0 Å². The number of benzene rings is 1. The first-order valence-electron chi connectivity index (χ1n) is 10.1. The smallest absolute Gasteiger partial charge is 0.328 e. The van der Waals surface area contributed by atoms with E-state index < -0.39 is 39.6 Å². The molecule has 170 valence electrons. The van der Waals surface area contributed by atoms with Gasteiger partial charge in [0.05, 0.1) is 24.0 Å². The molecular formula is C23H26N2O6S. The Kier molecular flexibility index (Phi) is 7.00. The van der Waals surface area contributed by atoms with Gasteiger partial charge < -0.3 is 20.1 Å². The van der Waals surface area contributed by atoms with Crippen LogP contribution in [0.3, 0.4) is 0 Å². The van der Waals surface area contributed by atoms with Crippen LogP contribution in [0.25, 0.3) is 11.3 Å². The Morgan fingerprint density at radius 1 is 1.25 bits per heavy atom. The van der Waals surface area contributed by atoms with Gasteiger partial charge in [0.2, 0.25) is 5.91 Å². The Hall–Kier alpha value is -3.17. The second-order valence-electron chi connectivity index (χ2n) is 7.75. The van der Waals surface area contributed by atoms with Crippen LogP contribution in [-0.2, 0) is 25.8 Å². The van der Waals surface area contributed by atoms with Crippen LogP contribution in [-0.4, -0.2) is 59.2 Å². The van der Waals surface area contributed by atoms with Crippen molar-refractivity contribution in [2.24, 2.45) is 0 Å². The molecule has 0 saturated heterocycles. The van der Waals surface area contributed by atoms with Crippen LogP contribution in [0, 0.1) is 6.92 Å². The summed E-state index contributed by atoms with van der Waals surface area (Å²) in [4.78, 5) is 23.5. The lowest BCUT2D eigenvalue weighted by Crippen LogP contribution is -2.43. The van der Waals surface area contributed by atoms with Crippen LogP contribution < -0.4 is 5.32 Å². The first kappa shape index (κ1) is 23.5. The summed E-state index contributed by atoms with van der Waals surface area (Å²) in [7, 11) is -3.19. The third-order valence-corrected chi connectivity index (χ3v) is 6.89. The number of carbonyl (C=O) groups is 2. The van der Waals surface area contributed by atoms with Crippen molar-refractivity contribution in [2.75, 3.05) is 12.9 Å². The molecule has 3 N–H and O–H groups in total. The summed E-state index contributed by atoms with van der Waals surface area (Å²) >= 11 is 0. The molecular weight excluding hydrogens is 432 g/mol. The van der Waals surface area contributed by atoms with Gasteiger partial charge in [-0.2, -0.15) is 0 Å². The number of amides is 1. The number of para-hydroxylation sites is 1. The molecule has 1 heterocycles. The Balaban J connectivity index is 1.97. The minimum absolute atomic E-state index is 0.0641. The fraction of sp³-hybridized carbons (Fsp3) is 0.304. The number of carboxylic acid groups (broad SMARTS) is 1. The van der Waals surface area contributed by atoms with Crippen molar-refractivity contribution < 1.29 is 28.2 Å². The maximum Gasteiger partial charge on any atom is 0.328 e. The predicted molar refractivity (Wildman–Crippen MR) is 121 cm³/mol. The molecule has 1 aromatic carbocycles. The Bertz CT molecular complexity index is 1180. The van der Waals surface area contributed by atoms with Gasteiger partial charge >= 0.3 is 5.97 Å². The quantitative estimate of drug-likeness (QED) is 0.552. The van der Waals surface area contributed by atoms with E-state index in [4.69, 9.17) is 10.2 Å². The number of sulfone groups is 1. The van der Waals surface area contributed by atoms with E-state index in [1.165, 1.54) is 6.26 Å². The molecule has 1 amide bonds. The lowest BCUT2D eigenvalue weighted by molar-refractivity contribution is -0.142. The zero-order valence-corrected chi connectivity index (χ0v) is 18.7. The van der Waals surface area contributed by atoms with Gasteiger partial charge in [0.15, 0.2) is 9.84 Å². The van der Waals surface area contributed by atoms with E-state index in [0.29, 0.717) is 12.0 Å². The molecule has 1 unspecified atom stereocenters. The molecule has 1 aromatic heterocycles. The van der Waals surface area contributed by atoms with Gasteiger partial charge in [-0.3, -0.25) is 4.79 Å². The fourth-order valence-corrected chi connectivity index (χ4v) is 4.48. The standard InChI is InChI=1S/C23H26N2O6S/c1-15-17(13-22(27)24-20(14-26)23(28)29)12-21(25(15)18-6-4-3-5-7-18)16-8-10-19(11-9-16)32(2,30)31/h3-10,12,19-20,26H,11,13-14H2,1-2H3,(H,24,27)(H,28,29)/t19?,20-/m1/s1. The maximum absolute atomic E-state index is 12.4. The largest absolute Gasteiger partial charge is 0.480 e. The van der Waals surface area contributed by atoms with Crippen molar-refractivity contribution in [1.82, 2.24) is 9.88 Å². The highest BCUT2D eigenvalue weighted by atomic mass is 32.2. The number of nitrogens with zero attached hydrogens (tertiary/aromatic N) is 1. The molecule has 3 rings (SSSR count). The molecule has 8 nitrogen and oxygen atoms in total. The average molecular weight is 459 g/mol. The maximum atomic E-state index is 12.4. The van der Waals surface area contributed by atoms with Gasteiger partial charge in [-0.05, 0) is 42.7 Å². The van der Waals surface area contributed by atoms with Gasteiger partial charge in [0.25, 0.3) is 0 Å². The van der Waals surface area contributed by atoms with Crippen LogP contribution in [0.1, 0.15) is 23.4 Å². The molecule has 0 aliphatic heterocycles. The number of carbonyl (C=O) groups excluding carboxylic acids is 1. The summed E-state index contributed by atoms with van der Waals surface area (Å²) in [5.41, 5.74) is 4.02. The summed E-state index contributed by atoms with van der Waals surface area (Å²) in [5.74, 6) is -1.82. The third-order valence-electron chi connectivity index (χ3n) is 5.44. The summed E-state index contributed by atoms with van der Waals surface area (Å²) in [6, 6.07) is 10.0. The minimum Gasteiger partial charge on any atom is -0.480 e. The van der Waals surface area contributed by atoms with Crippen molar-refractivity contribution in [3.05, 3.63) is 71.6 Å². The number of rotatable bonds is 8. The monoisotopic (exact) mass is 458 g/mol. The number of aliphatic carboxylic acids is 1. The normalized spacial score (nSPS) is 17.0. The Morgan fingerprint density at radius 3 is 2.47 bits per heavy atom. The molecule has 9 heteroatoms. The molecule has 0 saturated carbocycles. The van der Waals surface area contributed by atoms with Crippen molar-refractivity contribution >= 4 is 27.3 Å². The van der Waals surface area contributed by atoms with E-state index in [2.05, 4.69) is 5.32 Å². The fourth-order valence-electron chi connectivity index (χ4n) is 3.67. The Labute approximate surface area is 186 Å². The number of aromatic nitrogens is 1. The van der Waals surface area contributed by atoms with Gasteiger partial charge in [-0.1, -0.05) is 36.4 Å². The van der Waals surface area contributed by atoms with E-state index in [1.54, 1.807) is 12.2 Å². The highest BCUT2D eigenvalue weighted by Crippen LogP contribution is 2.30. The zero-order valence-electron chi connectivity index (χ0n) is 17.9. The van der Waals surface area contributed by atoms with Crippen LogP contribution in [0.5, 0.6) is 0 Å². The van der Waals surface area contributed by atoms with E-state index in [9.17, 15) is 18.0 Å². The molecule has 0 fully saturated rings. The summed E-state index contributed by atoms with van der Waals surface area (Å²) in [6.45, 7) is 1.17. The van der Waals surface area contributed by atoms with Crippen LogP contribution in [0.4, 0.5) is 0 Å². The first-order valence-corrected chi connectivity index (χ1v) is 12.0.